The van der Waals surface area contributed by atoms with Gasteiger partial charge in [-0.2, -0.15) is 0 Å². The van der Waals surface area contributed by atoms with Gasteiger partial charge < -0.3 is 16.0 Å². The van der Waals surface area contributed by atoms with Crippen LogP contribution in [0.3, 0.4) is 0 Å². The van der Waals surface area contributed by atoms with Crippen molar-refractivity contribution >= 4 is 23.2 Å². The molecule has 1 aliphatic heterocycles. The van der Waals surface area contributed by atoms with Gasteiger partial charge in [0, 0.05) is 23.8 Å². The zero-order chi connectivity index (χ0) is 11.5. The smallest absolute Gasteiger partial charge is 0.239 e. The molecule has 86 valence electrons. The molecule has 4 nitrogen and oxygen atoms in total. The number of hydrogen-bond donors (Lipinski definition) is 2. The Morgan fingerprint density at radius 2 is 2.38 bits per heavy atom. The van der Waals surface area contributed by atoms with Crippen molar-refractivity contribution in [3.8, 4) is 0 Å². The van der Waals surface area contributed by atoms with Crippen LogP contribution in [-0.4, -0.2) is 31.6 Å². The molecule has 0 bridgehead atoms. The Hall–Kier alpha value is -1.26. The summed E-state index contributed by atoms with van der Waals surface area (Å²) in [6.07, 6.45) is 0. The minimum Gasteiger partial charge on any atom is -0.360 e. The number of carbonyl (C=O) groups excluding carboxylic acids is 1. The van der Waals surface area contributed by atoms with Crippen LogP contribution in [0.25, 0.3) is 0 Å². The Labute approximate surface area is 99.4 Å². The highest BCUT2D eigenvalue weighted by molar-refractivity contribution is 6.30. The highest BCUT2D eigenvalue weighted by Gasteiger charge is 2.23. The van der Waals surface area contributed by atoms with Crippen LogP contribution in [0.2, 0.25) is 5.02 Å². The maximum atomic E-state index is 11.5. The van der Waals surface area contributed by atoms with Crippen molar-refractivity contribution in [2.75, 3.05) is 24.5 Å². The van der Waals surface area contributed by atoms with Gasteiger partial charge in [-0.1, -0.05) is 17.7 Å². The van der Waals surface area contributed by atoms with E-state index in [2.05, 4.69) is 5.32 Å². The molecule has 1 fully saturated rings. The van der Waals surface area contributed by atoms with E-state index in [1.165, 1.54) is 0 Å². The van der Waals surface area contributed by atoms with E-state index in [0.717, 1.165) is 12.2 Å². The van der Waals surface area contributed by atoms with Crippen molar-refractivity contribution in [2.24, 2.45) is 5.73 Å². The predicted molar refractivity (Wildman–Crippen MR) is 64.7 cm³/mol. The summed E-state index contributed by atoms with van der Waals surface area (Å²) in [6.45, 7) is 1.53. The Morgan fingerprint density at radius 1 is 1.56 bits per heavy atom. The van der Waals surface area contributed by atoms with Crippen molar-refractivity contribution < 1.29 is 4.79 Å². The van der Waals surface area contributed by atoms with Gasteiger partial charge in [-0.25, -0.2) is 0 Å². The van der Waals surface area contributed by atoms with Crippen molar-refractivity contribution in [1.82, 2.24) is 5.32 Å². The number of carbonyl (C=O) groups is 1. The lowest BCUT2D eigenvalue weighted by Crippen LogP contribution is -2.56. The summed E-state index contributed by atoms with van der Waals surface area (Å²) >= 11 is 5.92. The van der Waals surface area contributed by atoms with E-state index in [-0.39, 0.29) is 11.9 Å². The van der Waals surface area contributed by atoms with E-state index in [1.54, 1.807) is 0 Å². The average molecular weight is 240 g/mol. The molecule has 1 aliphatic rings. The first-order valence-corrected chi connectivity index (χ1v) is 5.57. The first-order chi connectivity index (χ1) is 7.69. The fourth-order valence-electron chi connectivity index (χ4n) is 1.83. The molecule has 1 heterocycles. The topological polar surface area (TPSA) is 58.4 Å². The third kappa shape index (κ3) is 2.46. The van der Waals surface area contributed by atoms with E-state index in [1.807, 2.05) is 29.2 Å². The molecule has 0 aliphatic carbocycles. The first kappa shape index (κ1) is 11.2. The van der Waals surface area contributed by atoms with Crippen LogP contribution in [0.15, 0.2) is 24.3 Å². The molecule has 1 atom stereocenters. The third-order valence-electron chi connectivity index (χ3n) is 2.60. The van der Waals surface area contributed by atoms with Crippen molar-refractivity contribution in [2.45, 2.75) is 6.04 Å². The number of nitrogens with two attached hydrogens (primary N) is 1. The molecule has 5 heteroatoms. The summed E-state index contributed by atoms with van der Waals surface area (Å²) in [6, 6.07) is 7.50. The minimum absolute atomic E-state index is 0.00155. The monoisotopic (exact) mass is 239 g/mol. The number of amides is 1. The SMILES string of the molecule is NCC1CN(c2cccc(Cl)c2)CC(=O)N1. The van der Waals surface area contributed by atoms with E-state index < -0.39 is 0 Å². The Balaban J connectivity index is 2.17. The second-order valence-corrected chi connectivity index (χ2v) is 4.30. The molecule has 16 heavy (non-hydrogen) atoms. The van der Waals surface area contributed by atoms with Crippen LogP contribution in [0.5, 0.6) is 0 Å². The lowest BCUT2D eigenvalue weighted by atomic mass is 10.2. The van der Waals surface area contributed by atoms with E-state index in [0.29, 0.717) is 18.1 Å². The molecule has 1 amide bonds. The molecule has 0 aromatic heterocycles. The molecule has 1 aromatic carbocycles. The summed E-state index contributed by atoms with van der Waals surface area (Å²) in [7, 11) is 0. The number of piperazine rings is 1. The summed E-state index contributed by atoms with van der Waals surface area (Å²) < 4.78 is 0. The Morgan fingerprint density at radius 3 is 3.06 bits per heavy atom. The van der Waals surface area contributed by atoms with Gasteiger partial charge in [-0.3, -0.25) is 4.79 Å². The number of anilines is 1. The second-order valence-electron chi connectivity index (χ2n) is 3.86. The molecule has 1 saturated heterocycles. The number of halogens is 1. The Kier molecular flexibility index (Phi) is 3.31. The van der Waals surface area contributed by atoms with Gasteiger partial charge >= 0.3 is 0 Å². The van der Waals surface area contributed by atoms with Gasteiger partial charge in [0.25, 0.3) is 0 Å². The predicted octanol–water partition coefficient (Wildman–Crippen LogP) is 0.603. The summed E-state index contributed by atoms with van der Waals surface area (Å²) in [5.74, 6) is 0.00155. The third-order valence-corrected chi connectivity index (χ3v) is 2.83. The van der Waals surface area contributed by atoms with Crippen LogP contribution in [-0.2, 0) is 4.79 Å². The average Bonchev–Trinajstić information content (AvgIpc) is 2.28. The fraction of sp³-hybridized carbons (Fsp3) is 0.364. The van der Waals surface area contributed by atoms with Gasteiger partial charge in [0.05, 0.1) is 12.6 Å². The lowest BCUT2D eigenvalue weighted by molar-refractivity contribution is -0.121. The summed E-state index contributed by atoms with van der Waals surface area (Å²) in [5.41, 5.74) is 6.53. The van der Waals surface area contributed by atoms with Crippen LogP contribution < -0.4 is 16.0 Å². The Bertz CT molecular complexity index is 397. The van der Waals surface area contributed by atoms with Gasteiger partial charge in [-0.15, -0.1) is 0 Å². The molecule has 0 saturated carbocycles. The quantitative estimate of drug-likeness (QED) is 0.795. The largest absolute Gasteiger partial charge is 0.360 e. The highest BCUT2D eigenvalue weighted by Crippen LogP contribution is 2.20. The molecule has 2 rings (SSSR count). The molecular weight excluding hydrogens is 226 g/mol. The van der Waals surface area contributed by atoms with Crippen molar-refractivity contribution in [1.29, 1.82) is 0 Å². The zero-order valence-electron chi connectivity index (χ0n) is 8.82. The van der Waals surface area contributed by atoms with Crippen molar-refractivity contribution in [3.05, 3.63) is 29.3 Å². The summed E-state index contributed by atoms with van der Waals surface area (Å²) in [4.78, 5) is 13.4. The van der Waals surface area contributed by atoms with Crippen molar-refractivity contribution in [3.63, 3.8) is 0 Å². The van der Waals surface area contributed by atoms with E-state index in [9.17, 15) is 4.79 Å². The number of rotatable bonds is 2. The normalized spacial score (nSPS) is 20.8. The zero-order valence-corrected chi connectivity index (χ0v) is 9.57. The summed E-state index contributed by atoms with van der Waals surface area (Å²) in [5, 5.41) is 3.52. The lowest BCUT2D eigenvalue weighted by Gasteiger charge is -2.34. The molecule has 1 aromatic rings. The molecule has 3 N–H and O–H groups in total. The van der Waals surface area contributed by atoms with E-state index in [4.69, 9.17) is 17.3 Å². The van der Waals surface area contributed by atoms with Gasteiger partial charge in [0.15, 0.2) is 0 Å². The second kappa shape index (κ2) is 4.72. The van der Waals surface area contributed by atoms with E-state index >= 15 is 0 Å². The van der Waals surface area contributed by atoms with Crippen LogP contribution >= 0.6 is 11.6 Å². The maximum absolute atomic E-state index is 11.5. The molecule has 0 spiro atoms. The highest BCUT2D eigenvalue weighted by atomic mass is 35.5. The number of hydrogen-bond acceptors (Lipinski definition) is 3. The first-order valence-electron chi connectivity index (χ1n) is 5.19. The molecule has 0 radical (unpaired) electrons. The number of nitrogens with zero attached hydrogens (tertiary/aromatic N) is 1. The molecular formula is C11H14ClN3O. The standard InChI is InChI=1S/C11H14ClN3O/c12-8-2-1-3-10(4-8)15-6-9(5-13)14-11(16)7-15/h1-4,9H,5-7,13H2,(H,14,16). The van der Waals surface area contributed by atoms with Crippen LogP contribution in [0, 0.1) is 0 Å². The van der Waals surface area contributed by atoms with Gasteiger partial charge in [-0.05, 0) is 18.2 Å². The fourth-order valence-corrected chi connectivity index (χ4v) is 2.01. The molecule has 1 unspecified atom stereocenters. The van der Waals surface area contributed by atoms with Crippen LogP contribution in [0.1, 0.15) is 0 Å². The maximum Gasteiger partial charge on any atom is 0.239 e. The minimum atomic E-state index is 0.00155. The number of nitrogens with one attached hydrogen (secondary N) is 1. The van der Waals surface area contributed by atoms with Gasteiger partial charge in [0.2, 0.25) is 5.91 Å². The van der Waals surface area contributed by atoms with Gasteiger partial charge in [0.1, 0.15) is 0 Å². The van der Waals surface area contributed by atoms with Crippen LogP contribution in [0.4, 0.5) is 5.69 Å². The number of benzene rings is 1.